The molecule has 0 radical (unpaired) electrons. The molecule has 0 aliphatic carbocycles. The Morgan fingerprint density at radius 3 is 2.44 bits per heavy atom. The van der Waals surface area contributed by atoms with Crippen molar-refractivity contribution in [3.05, 3.63) is 0 Å². The van der Waals surface area contributed by atoms with Crippen LogP contribution in [0.4, 0.5) is 0 Å². The topological polar surface area (TPSA) is 18.5 Å². The first kappa shape index (κ1) is 14.5. The van der Waals surface area contributed by atoms with Gasteiger partial charge < -0.3 is 9.47 Å². The van der Waals surface area contributed by atoms with Gasteiger partial charge in [-0.25, -0.2) is 0 Å². The predicted octanol–water partition coefficient (Wildman–Crippen LogP) is 4.27. The summed E-state index contributed by atoms with van der Waals surface area (Å²) in [6, 6.07) is 0. The minimum Gasteiger partial charge on any atom is -0.353 e. The molecule has 1 aliphatic heterocycles. The highest BCUT2D eigenvalue weighted by Crippen LogP contribution is 2.14. The third-order valence-corrected chi connectivity index (χ3v) is 3.53. The Balaban J connectivity index is 1.77. The van der Waals surface area contributed by atoms with Crippen LogP contribution in [0, 0.1) is 0 Å². The normalized spacial score (nSPS) is 21.2. The van der Waals surface area contributed by atoms with Gasteiger partial charge in [-0.3, -0.25) is 0 Å². The van der Waals surface area contributed by atoms with Gasteiger partial charge in [-0.2, -0.15) is 0 Å². The van der Waals surface area contributed by atoms with Crippen molar-refractivity contribution in [1.82, 2.24) is 0 Å². The molecule has 96 valence electrons. The van der Waals surface area contributed by atoms with Crippen LogP contribution in [0.5, 0.6) is 0 Å². The summed E-state index contributed by atoms with van der Waals surface area (Å²) in [5.41, 5.74) is 0. The fourth-order valence-corrected chi connectivity index (χ4v) is 2.36. The minimum atomic E-state index is 0.0992. The molecule has 1 heterocycles. The van der Waals surface area contributed by atoms with Gasteiger partial charge in [0.1, 0.15) is 0 Å². The molecule has 0 bridgehead atoms. The molecule has 1 aliphatic rings. The molecule has 1 fully saturated rings. The van der Waals surface area contributed by atoms with Gasteiger partial charge >= 0.3 is 0 Å². The molecule has 1 atom stereocenters. The van der Waals surface area contributed by atoms with Crippen LogP contribution in [-0.4, -0.2) is 24.8 Å². The Labute approximate surface area is 108 Å². The van der Waals surface area contributed by atoms with E-state index in [2.05, 4.69) is 15.9 Å². The van der Waals surface area contributed by atoms with Crippen LogP contribution in [0.15, 0.2) is 0 Å². The van der Waals surface area contributed by atoms with Gasteiger partial charge in [-0.05, 0) is 32.1 Å². The van der Waals surface area contributed by atoms with Crippen molar-refractivity contribution in [1.29, 1.82) is 0 Å². The molecule has 0 aromatic heterocycles. The third-order valence-electron chi connectivity index (χ3n) is 2.97. The molecule has 0 saturated carbocycles. The number of ether oxygens (including phenoxy) is 2. The maximum absolute atomic E-state index is 5.68. The molecule has 1 rings (SSSR count). The second kappa shape index (κ2) is 10.5. The molecule has 0 aromatic rings. The number of hydrogen-bond acceptors (Lipinski definition) is 2. The molecule has 0 spiro atoms. The summed E-state index contributed by atoms with van der Waals surface area (Å²) in [5.74, 6) is 0. The van der Waals surface area contributed by atoms with E-state index in [1.165, 1.54) is 51.4 Å². The second-order valence-electron chi connectivity index (χ2n) is 4.48. The average Bonchev–Trinajstić information content (AvgIpc) is 2.34. The molecular weight excluding hydrogens is 268 g/mol. The number of alkyl halides is 1. The van der Waals surface area contributed by atoms with E-state index in [0.29, 0.717) is 0 Å². The van der Waals surface area contributed by atoms with Crippen molar-refractivity contribution in [2.24, 2.45) is 0 Å². The average molecular weight is 293 g/mol. The van der Waals surface area contributed by atoms with E-state index in [1.807, 2.05) is 0 Å². The van der Waals surface area contributed by atoms with Crippen molar-refractivity contribution in [2.75, 3.05) is 18.5 Å². The molecule has 0 unspecified atom stereocenters. The summed E-state index contributed by atoms with van der Waals surface area (Å²) in [7, 11) is 0. The molecule has 1 saturated heterocycles. The Morgan fingerprint density at radius 1 is 1.00 bits per heavy atom. The van der Waals surface area contributed by atoms with E-state index in [4.69, 9.17) is 9.47 Å². The monoisotopic (exact) mass is 292 g/mol. The zero-order valence-electron chi connectivity index (χ0n) is 10.3. The Bertz CT molecular complexity index is 147. The van der Waals surface area contributed by atoms with Crippen LogP contribution in [0.25, 0.3) is 0 Å². The zero-order valence-corrected chi connectivity index (χ0v) is 11.8. The van der Waals surface area contributed by atoms with Crippen LogP contribution in [-0.2, 0) is 9.47 Å². The molecular formula is C13H25BrO2. The van der Waals surface area contributed by atoms with E-state index in [0.717, 1.165) is 25.0 Å². The van der Waals surface area contributed by atoms with E-state index < -0.39 is 0 Å². The van der Waals surface area contributed by atoms with Crippen LogP contribution >= 0.6 is 15.9 Å². The zero-order chi connectivity index (χ0) is 11.5. The van der Waals surface area contributed by atoms with Crippen molar-refractivity contribution in [2.45, 2.75) is 64.1 Å². The van der Waals surface area contributed by atoms with Gasteiger partial charge in [0.15, 0.2) is 6.29 Å². The smallest absolute Gasteiger partial charge is 0.157 e. The Morgan fingerprint density at radius 2 is 1.75 bits per heavy atom. The van der Waals surface area contributed by atoms with Gasteiger partial charge in [0, 0.05) is 18.5 Å². The van der Waals surface area contributed by atoms with Crippen molar-refractivity contribution in [3.8, 4) is 0 Å². The summed E-state index contributed by atoms with van der Waals surface area (Å²) in [6.07, 6.45) is 11.5. The summed E-state index contributed by atoms with van der Waals surface area (Å²) >= 11 is 3.45. The summed E-state index contributed by atoms with van der Waals surface area (Å²) in [5, 5.41) is 1.15. The highest BCUT2D eigenvalue weighted by molar-refractivity contribution is 9.09. The highest BCUT2D eigenvalue weighted by atomic mass is 79.9. The Kier molecular flexibility index (Phi) is 9.53. The van der Waals surface area contributed by atoms with E-state index in [9.17, 15) is 0 Å². The van der Waals surface area contributed by atoms with E-state index >= 15 is 0 Å². The molecule has 16 heavy (non-hydrogen) atoms. The molecule has 0 amide bonds. The van der Waals surface area contributed by atoms with Crippen LogP contribution in [0.2, 0.25) is 0 Å². The van der Waals surface area contributed by atoms with Crippen molar-refractivity contribution in [3.63, 3.8) is 0 Å². The van der Waals surface area contributed by atoms with Gasteiger partial charge in [-0.15, -0.1) is 0 Å². The number of rotatable bonds is 9. The second-order valence-corrected chi connectivity index (χ2v) is 5.27. The van der Waals surface area contributed by atoms with Gasteiger partial charge in [0.2, 0.25) is 0 Å². The van der Waals surface area contributed by atoms with Gasteiger partial charge in [0.25, 0.3) is 0 Å². The largest absolute Gasteiger partial charge is 0.353 e. The molecule has 2 nitrogen and oxygen atoms in total. The third kappa shape index (κ3) is 7.64. The standard InChI is InChI=1S/C13H25BrO2/c14-10-6-3-1-2-4-7-11-15-13-9-5-8-12-16-13/h13H,1-12H2/t13-/m0/s1. The summed E-state index contributed by atoms with van der Waals surface area (Å²) in [4.78, 5) is 0. The number of hydrogen-bond donors (Lipinski definition) is 0. The maximum atomic E-state index is 5.68. The van der Waals surface area contributed by atoms with Crippen molar-refractivity contribution < 1.29 is 9.47 Å². The van der Waals surface area contributed by atoms with Crippen LogP contribution in [0.3, 0.4) is 0 Å². The minimum absolute atomic E-state index is 0.0992. The molecule has 0 aromatic carbocycles. The van der Waals surface area contributed by atoms with E-state index in [1.54, 1.807) is 0 Å². The van der Waals surface area contributed by atoms with Crippen molar-refractivity contribution >= 4 is 15.9 Å². The first-order valence-electron chi connectivity index (χ1n) is 6.72. The van der Waals surface area contributed by atoms with Gasteiger partial charge in [0.05, 0.1) is 0 Å². The van der Waals surface area contributed by atoms with Gasteiger partial charge in [-0.1, -0.05) is 41.6 Å². The lowest BCUT2D eigenvalue weighted by molar-refractivity contribution is -0.162. The predicted molar refractivity (Wildman–Crippen MR) is 71.0 cm³/mol. The lowest BCUT2D eigenvalue weighted by Crippen LogP contribution is -2.22. The van der Waals surface area contributed by atoms with E-state index in [-0.39, 0.29) is 6.29 Å². The lowest BCUT2D eigenvalue weighted by Gasteiger charge is -2.22. The number of unbranched alkanes of at least 4 members (excludes halogenated alkanes) is 5. The lowest BCUT2D eigenvalue weighted by atomic mass is 10.1. The summed E-state index contributed by atoms with van der Waals surface area (Å²) in [6.45, 7) is 1.76. The number of halogens is 1. The summed E-state index contributed by atoms with van der Waals surface area (Å²) < 4.78 is 11.2. The van der Waals surface area contributed by atoms with Crippen LogP contribution in [0.1, 0.15) is 57.8 Å². The first-order valence-corrected chi connectivity index (χ1v) is 7.85. The fourth-order valence-electron chi connectivity index (χ4n) is 1.96. The molecule has 0 N–H and O–H groups in total. The maximum Gasteiger partial charge on any atom is 0.157 e. The Hall–Kier alpha value is 0.400. The SMILES string of the molecule is BrCCCCCCCCO[C@@H]1CCCCO1. The first-order chi connectivity index (χ1) is 7.93. The highest BCUT2D eigenvalue weighted by Gasteiger charge is 2.12. The van der Waals surface area contributed by atoms with Crippen LogP contribution < -0.4 is 0 Å². The quantitative estimate of drug-likeness (QED) is 0.467. The molecule has 3 heteroatoms. The fraction of sp³-hybridized carbons (Fsp3) is 1.00.